The van der Waals surface area contributed by atoms with Crippen molar-refractivity contribution >= 4 is 5.91 Å². The van der Waals surface area contributed by atoms with Crippen molar-refractivity contribution in [3.63, 3.8) is 0 Å². The van der Waals surface area contributed by atoms with Crippen LogP contribution in [0.3, 0.4) is 0 Å². The number of rotatable bonds is 1. The van der Waals surface area contributed by atoms with E-state index in [4.69, 9.17) is 5.73 Å². The third-order valence-corrected chi connectivity index (χ3v) is 5.36. The van der Waals surface area contributed by atoms with E-state index in [1.165, 1.54) is 25.7 Å². The van der Waals surface area contributed by atoms with Gasteiger partial charge in [-0.05, 0) is 43.9 Å². The quantitative estimate of drug-likeness (QED) is 0.775. The second-order valence-corrected chi connectivity index (χ2v) is 6.67. The van der Waals surface area contributed by atoms with Crippen molar-refractivity contribution in [2.24, 2.45) is 23.5 Å². The molecule has 102 valence electrons. The van der Waals surface area contributed by atoms with Gasteiger partial charge in [0.15, 0.2) is 0 Å². The summed E-state index contributed by atoms with van der Waals surface area (Å²) in [5.41, 5.74) is 6.05. The molecule has 3 atom stereocenters. The van der Waals surface area contributed by atoms with Crippen molar-refractivity contribution in [3.05, 3.63) is 0 Å². The molecule has 0 aromatic rings. The molecule has 0 aromatic carbocycles. The minimum Gasteiger partial charge on any atom is -0.342 e. The van der Waals surface area contributed by atoms with Gasteiger partial charge in [0.05, 0.1) is 0 Å². The Morgan fingerprint density at radius 3 is 2.44 bits per heavy atom. The van der Waals surface area contributed by atoms with Gasteiger partial charge >= 0.3 is 0 Å². The molecule has 2 N–H and O–H groups in total. The number of nitrogens with two attached hydrogens (primary N) is 1. The van der Waals surface area contributed by atoms with Gasteiger partial charge in [-0.3, -0.25) is 4.79 Å². The third-order valence-electron chi connectivity index (χ3n) is 5.36. The van der Waals surface area contributed by atoms with Crippen molar-refractivity contribution in [3.8, 4) is 0 Å². The second kappa shape index (κ2) is 5.20. The van der Waals surface area contributed by atoms with Gasteiger partial charge in [0.25, 0.3) is 0 Å². The maximum absolute atomic E-state index is 12.5. The van der Waals surface area contributed by atoms with Gasteiger partial charge in [-0.2, -0.15) is 0 Å². The van der Waals surface area contributed by atoms with Crippen LogP contribution in [0.2, 0.25) is 0 Å². The summed E-state index contributed by atoms with van der Waals surface area (Å²) >= 11 is 0. The van der Waals surface area contributed by atoms with Crippen molar-refractivity contribution < 1.29 is 4.79 Å². The molecule has 2 saturated carbocycles. The molecule has 0 radical (unpaired) electrons. The number of amides is 1. The molecule has 2 aliphatic carbocycles. The Bertz CT molecular complexity index is 312. The summed E-state index contributed by atoms with van der Waals surface area (Å²) in [6.07, 6.45) is 9.62. The summed E-state index contributed by atoms with van der Waals surface area (Å²) in [5.74, 6) is 2.24. The first-order valence-electron chi connectivity index (χ1n) is 7.78. The number of hydrogen-bond acceptors (Lipinski definition) is 2. The van der Waals surface area contributed by atoms with Gasteiger partial charge < -0.3 is 10.6 Å². The zero-order valence-corrected chi connectivity index (χ0v) is 11.3. The molecule has 3 fully saturated rings. The Morgan fingerprint density at radius 1 is 0.944 bits per heavy atom. The maximum Gasteiger partial charge on any atom is 0.225 e. The fourth-order valence-electron chi connectivity index (χ4n) is 4.26. The highest BCUT2D eigenvalue weighted by molar-refractivity contribution is 5.79. The highest BCUT2D eigenvalue weighted by atomic mass is 16.2. The topological polar surface area (TPSA) is 46.3 Å². The minimum atomic E-state index is 0.340. The van der Waals surface area contributed by atoms with Crippen LogP contribution >= 0.6 is 0 Å². The lowest BCUT2D eigenvalue weighted by atomic mass is 9.79. The third kappa shape index (κ3) is 2.42. The summed E-state index contributed by atoms with van der Waals surface area (Å²) in [6, 6.07) is 0.385. The predicted octanol–water partition coefficient (Wildman–Crippen LogP) is 2.15. The molecular formula is C15H26N2O. The molecule has 0 aromatic heterocycles. The molecule has 0 bridgehead atoms. The van der Waals surface area contributed by atoms with Crippen LogP contribution in [0.5, 0.6) is 0 Å². The molecule has 18 heavy (non-hydrogen) atoms. The zero-order chi connectivity index (χ0) is 12.5. The van der Waals surface area contributed by atoms with Crippen LogP contribution < -0.4 is 5.73 Å². The molecule has 3 heteroatoms. The Morgan fingerprint density at radius 2 is 1.67 bits per heavy atom. The zero-order valence-electron chi connectivity index (χ0n) is 11.3. The lowest BCUT2D eigenvalue weighted by molar-refractivity contribution is -0.135. The maximum atomic E-state index is 12.5. The average Bonchev–Trinajstić information content (AvgIpc) is 2.81. The van der Waals surface area contributed by atoms with E-state index in [9.17, 15) is 4.79 Å². The SMILES string of the molecule is NC1CC[C@H]2CN(C(=O)C3CCCCC3)C[C@H]2C1. The van der Waals surface area contributed by atoms with Crippen LogP contribution in [0.25, 0.3) is 0 Å². The fourth-order valence-corrected chi connectivity index (χ4v) is 4.26. The highest BCUT2D eigenvalue weighted by Gasteiger charge is 2.40. The first-order chi connectivity index (χ1) is 8.74. The van der Waals surface area contributed by atoms with E-state index >= 15 is 0 Å². The molecule has 1 heterocycles. The van der Waals surface area contributed by atoms with Gasteiger partial charge in [0, 0.05) is 25.0 Å². The number of hydrogen-bond donors (Lipinski definition) is 1. The van der Waals surface area contributed by atoms with Gasteiger partial charge in [-0.25, -0.2) is 0 Å². The summed E-state index contributed by atoms with van der Waals surface area (Å²) in [4.78, 5) is 14.7. The Kier molecular flexibility index (Phi) is 3.60. The van der Waals surface area contributed by atoms with Crippen molar-refractivity contribution in [1.82, 2.24) is 4.90 Å². The lowest BCUT2D eigenvalue weighted by Crippen LogP contribution is -2.35. The van der Waals surface area contributed by atoms with E-state index in [0.717, 1.165) is 44.7 Å². The van der Waals surface area contributed by atoms with E-state index in [0.29, 0.717) is 23.8 Å². The first kappa shape index (κ1) is 12.5. The summed E-state index contributed by atoms with van der Waals surface area (Å²) in [6.45, 7) is 2.01. The van der Waals surface area contributed by atoms with E-state index in [1.807, 2.05) is 0 Å². The second-order valence-electron chi connectivity index (χ2n) is 6.67. The number of likely N-dealkylation sites (tertiary alicyclic amines) is 1. The molecular weight excluding hydrogens is 224 g/mol. The van der Waals surface area contributed by atoms with Crippen LogP contribution in [0.1, 0.15) is 51.4 Å². The Balaban J connectivity index is 1.59. The molecule has 1 saturated heterocycles. The number of carbonyl (C=O) groups excluding carboxylic acids is 1. The normalized spacial score (nSPS) is 37.6. The fraction of sp³-hybridized carbons (Fsp3) is 0.933. The van der Waals surface area contributed by atoms with Crippen molar-refractivity contribution in [2.75, 3.05) is 13.1 Å². The van der Waals surface area contributed by atoms with Crippen LogP contribution in [0, 0.1) is 17.8 Å². The Hall–Kier alpha value is -0.570. The smallest absolute Gasteiger partial charge is 0.225 e. The van der Waals surface area contributed by atoms with E-state index in [2.05, 4.69) is 4.90 Å². The van der Waals surface area contributed by atoms with Crippen LogP contribution in [-0.4, -0.2) is 29.9 Å². The number of fused-ring (bicyclic) bond motifs is 1. The van der Waals surface area contributed by atoms with E-state index in [-0.39, 0.29) is 0 Å². The summed E-state index contributed by atoms with van der Waals surface area (Å²) in [5, 5.41) is 0. The lowest BCUT2D eigenvalue weighted by Gasteiger charge is -2.27. The first-order valence-corrected chi connectivity index (χ1v) is 7.78. The predicted molar refractivity (Wildman–Crippen MR) is 72.0 cm³/mol. The van der Waals surface area contributed by atoms with E-state index < -0.39 is 0 Å². The van der Waals surface area contributed by atoms with Gasteiger partial charge in [0.2, 0.25) is 5.91 Å². The monoisotopic (exact) mass is 250 g/mol. The molecule has 3 aliphatic rings. The standard InChI is InChI=1S/C15H26N2O/c16-14-7-6-12-9-17(10-13(12)8-14)15(18)11-4-2-1-3-5-11/h11-14H,1-10,16H2/t12-,13+,14?/m0/s1. The van der Waals surface area contributed by atoms with Gasteiger partial charge in [-0.1, -0.05) is 19.3 Å². The highest BCUT2D eigenvalue weighted by Crippen LogP contribution is 2.37. The summed E-state index contributed by atoms with van der Waals surface area (Å²) in [7, 11) is 0. The Labute approximate surface area is 110 Å². The van der Waals surface area contributed by atoms with Crippen LogP contribution in [0.4, 0.5) is 0 Å². The summed E-state index contributed by atoms with van der Waals surface area (Å²) < 4.78 is 0. The van der Waals surface area contributed by atoms with E-state index in [1.54, 1.807) is 0 Å². The van der Waals surface area contributed by atoms with Crippen molar-refractivity contribution in [2.45, 2.75) is 57.4 Å². The molecule has 3 nitrogen and oxygen atoms in total. The molecule has 1 aliphatic heterocycles. The number of carbonyl (C=O) groups is 1. The van der Waals surface area contributed by atoms with Gasteiger partial charge in [0.1, 0.15) is 0 Å². The molecule has 3 rings (SSSR count). The van der Waals surface area contributed by atoms with Crippen LogP contribution in [0.15, 0.2) is 0 Å². The number of nitrogens with zero attached hydrogens (tertiary/aromatic N) is 1. The molecule has 1 unspecified atom stereocenters. The van der Waals surface area contributed by atoms with Gasteiger partial charge in [-0.15, -0.1) is 0 Å². The largest absolute Gasteiger partial charge is 0.342 e. The molecule has 1 amide bonds. The van der Waals surface area contributed by atoms with Crippen LogP contribution in [-0.2, 0) is 4.79 Å². The average molecular weight is 250 g/mol. The minimum absolute atomic E-state index is 0.340. The molecule has 0 spiro atoms. The van der Waals surface area contributed by atoms with Crippen molar-refractivity contribution in [1.29, 1.82) is 0 Å².